The lowest BCUT2D eigenvalue weighted by Crippen LogP contribution is -2.21. The van der Waals surface area contributed by atoms with E-state index in [4.69, 9.17) is 9.15 Å². The van der Waals surface area contributed by atoms with Crippen LogP contribution in [0.25, 0.3) is 11.0 Å². The van der Waals surface area contributed by atoms with Gasteiger partial charge in [-0.3, -0.25) is 4.79 Å². The lowest BCUT2D eigenvalue weighted by molar-refractivity contribution is -0.120. The normalized spacial score (nSPS) is 10.7. The summed E-state index contributed by atoms with van der Waals surface area (Å²) < 4.78 is 10.6. The largest absolute Gasteiger partial charge is 0.497 e. The van der Waals surface area contributed by atoms with Crippen LogP contribution in [-0.4, -0.2) is 13.0 Å². The van der Waals surface area contributed by atoms with Crippen molar-refractivity contribution in [1.29, 1.82) is 0 Å². The van der Waals surface area contributed by atoms with Crippen molar-refractivity contribution in [2.24, 2.45) is 0 Å². The number of ether oxygens (including phenoxy) is 1. The molecular formula is C20H20NO3. The summed E-state index contributed by atoms with van der Waals surface area (Å²) in [6.07, 6.45) is 3.54. The number of amides is 1. The Balaban J connectivity index is 1.44. The minimum absolute atomic E-state index is 0.0126. The second-order valence-corrected chi connectivity index (χ2v) is 5.58. The maximum Gasteiger partial charge on any atom is 0.220 e. The van der Waals surface area contributed by atoms with Crippen molar-refractivity contribution in [3.05, 3.63) is 72.5 Å². The number of rotatable bonds is 7. The SMILES string of the molecule is COc1ccc(CCC(=O)N[CH]Cc2coc3ccccc23)cc1. The van der Waals surface area contributed by atoms with E-state index in [0.717, 1.165) is 27.8 Å². The molecule has 0 saturated heterocycles. The molecule has 0 fully saturated rings. The molecule has 0 saturated carbocycles. The zero-order chi connectivity index (χ0) is 16.8. The molecule has 1 radical (unpaired) electrons. The second kappa shape index (κ2) is 7.68. The fraction of sp³-hybridized carbons (Fsp3) is 0.200. The van der Waals surface area contributed by atoms with Crippen molar-refractivity contribution < 1.29 is 13.9 Å². The monoisotopic (exact) mass is 322 g/mol. The van der Waals surface area contributed by atoms with E-state index in [-0.39, 0.29) is 5.91 Å². The highest BCUT2D eigenvalue weighted by Crippen LogP contribution is 2.21. The van der Waals surface area contributed by atoms with Crippen LogP contribution in [-0.2, 0) is 17.6 Å². The van der Waals surface area contributed by atoms with Gasteiger partial charge in [-0.2, -0.15) is 0 Å². The van der Waals surface area contributed by atoms with Crippen LogP contribution < -0.4 is 10.1 Å². The maximum atomic E-state index is 11.9. The summed E-state index contributed by atoms with van der Waals surface area (Å²) in [6, 6.07) is 15.7. The van der Waals surface area contributed by atoms with Crippen LogP contribution in [0.4, 0.5) is 0 Å². The van der Waals surface area contributed by atoms with Gasteiger partial charge < -0.3 is 14.5 Å². The molecule has 3 rings (SSSR count). The molecule has 1 heterocycles. The van der Waals surface area contributed by atoms with Crippen LogP contribution in [0.15, 0.2) is 59.2 Å². The van der Waals surface area contributed by atoms with Gasteiger partial charge in [0.25, 0.3) is 0 Å². The Morgan fingerprint density at radius 2 is 1.96 bits per heavy atom. The third-order valence-electron chi connectivity index (χ3n) is 3.95. The number of hydrogen-bond acceptors (Lipinski definition) is 3. The molecule has 4 nitrogen and oxygen atoms in total. The van der Waals surface area contributed by atoms with E-state index in [1.165, 1.54) is 0 Å². The highest BCUT2D eigenvalue weighted by molar-refractivity contribution is 5.81. The van der Waals surface area contributed by atoms with Gasteiger partial charge in [-0.25, -0.2) is 0 Å². The van der Waals surface area contributed by atoms with Crippen molar-refractivity contribution in [3.63, 3.8) is 0 Å². The zero-order valence-corrected chi connectivity index (χ0v) is 13.6. The van der Waals surface area contributed by atoms with Crippen LogP contribution in [0.1, 0.15) is 17.5 Å². The summed E-state index contributed by atoms with van der Waals surface area (Å²) in [5.41, 5.74) is 3.06. The molecule has 2 aromatic carbocycles. The van der Waals surface area contributed by atoms with Gasteiger partial charge >= 0.3 is 0 Å². The number of carbonyl (C=O) groups excluding carboxylic acids is 1. The third kappa shape index (κ3) is 3.96. The molecule has 0 aliphatic carbocycles. The molecule has 123 valence electrons. The molecule has 1 amide bonds. The van der Waals surface area contributed by atoms with E-state index < -0.39 is 0 Å². The van der Waals surface area contributed by atoms with Crippen molar-refractivity contribution in [2.45, 2.75) is 19.3 Å². The van der Waals surface area contributed by atoms with Gasteiger partial charge in [0, 0.05) is 17.4 Å². The molecule has 0 bridgehead atoms. The molecule has 1 N–H and O–H groups in total. The van der Waals surface area contributed by atoms with Gasteiger partial charge in [0.1, 0.15) is 11.3 Å². The minimum Gasteiger partial charge on any atom is -0.497 e. The number of hydrogen-bond donors (Lipinski definition) is 1. The Kier molecular flexibility index (Phi) is 5.16. The average molecular weight is 322 g/mol. The number of benzene rings is 2. The zero-order valence-electron chi connectivity index (χ0n) is 13.6. The van der Waals surface area contributed by atoms with E-state index in [9.17, 15) is 4.79 Å². The highest BCUT2D eigenvalue weighted by Gasteiger charge is 2.07. The van der Waals surface area contributed by atoms with Crippen molar-refractivity contribution in [2.75, 3.05) is 7.11 Å². The Morgan fingerprint density at radius 3 is 2.75 bits per heavy atom. The first-order valence-electron chi connectivity index (χ1n) is 7.95. The summed E-state index contributed by atoms with van der Waals surface area (Å²) >= 11 is 0. The molecule has 0 atom stereocenters. The van der Waals surface area contributed by atoms with Crippen molar-refractivity contribution in [1.82, 2.24) is 5.32 Å². The number of nitrogens with one attached hydrogen (secondary N) is 1. The maximum absolute atomic E-state index is 11.9. The first-order chi connectivity index (χ1) is 11.8. The van der Waals surface area contributed by atoms with Gasteiger partial charge in [-0.1, -0.05) is 30.3 Å². The summed E-state index contributed by atoms with van der Waals surface area (Å²) in [6.45, 7) is 1.79. The highest BCUT2D eigenvalue weighted by atomic mass is 16.5. The van der Waals surface area contributed by atoms with E-state index in [1.54, 1.807) is 19.9 Å². The lowest BCUT2D eigenvalue weighted by atomic mass is 10.1. The number of furan rings is 1. The van der Waals surface area contributed by atoms with E-state index >= 15 is 0 Å². The summed E-state index contributed by atoms with van der Waals surface area (Å²) in [5.74, 6) is 0.836. The number of aryl methyl sites for hydroxylation is 1. The first-order valence-corrected chi connectivity index (χ1v) is 7.95. The molecule has 3 aromatic rings. The van der Waals surface area contributed by atoms with Crippen LogP contribution in [0.5, 0.6) is 5.75 Å². The smallest absolute Gasteiger partial charge is 0.220 e. The molecule has 24 heavy (non-hydrogen) atoms. The van der Waals surface area contributed by atoms with Crippen molar-refractivity contribution in [3.8, 4) is 5.75 Å². The topological polar surface area (TPSA) is 51.5 Å². The first kappa shape index (κ1) is 16.1. The van der Waals surface area contributed by atoms with Gasteiger partial charge in [0.05, 0.1) is 19.9 Å². The summed E-state index contributed by atoms with van der Waals surface area (Å²) in [4.78, 5) is 11.9. The Labute approximate surface area is 141 Å². The van der Waals surface area contributed by atoms with E-state index in [1.807, 2.05) is 48.5 Å². The standard InChI is InChI=1S/C20H20NO3/c1-23-17-9-6-15(7-10-17)8-11-20(22)21-13-12-16-14-24-19-5-3-2-4-18(16)19/h2-7,9-10,13-14H,8,11-12H2,1H3,(H,21,22). The van der Waals surface area contributed by atoms with Crippen LogP contribution in [0, 0.1) is 6.54 Å². The number of methoxy groups -OCH3 is 1. The molecule has 0 aliphatic rings. The van der Waals surface area contributed by atoms with Crippen molar-refractivity contribution >= 4 is 16.9 Å². The fourth-order valence-corrected chi connectivity index (χ4v) is 2.59. The predicted molar refractivity (Wildman–Crippen MR) is 93.7 cm³/mol. The fourth-order valence-electron chi connectivity index (χ4n) is 2.59. The van der Waals surface area contributed by atoms with E-state index in [0.29, 0.717) is 19.3 Å². The van der Waals surface area contributed by atoms with Crippen LogP contribution in [0.2, 0.25) is 0 Å². The van der Waals surface area contributed by atoms with Gasteiger partial charge in [0.2, 0.25) is 5.91 Å². The predicted octanol–water partition coefficient (Wildman–Crippen LogP) is 3.89. The lowest BCUT2D eigenvalue weighted by Gasteiger charge is -2.05. The number of carbonyl (C=O) groups is 1. The summed E-state index contributed by atoms with van der Waals surface area (Å²) in [5, 5.41) is 3.93. The Morgan fingerprint density at radius 1 is 1.17 bits per heavy atom. The summed E-state index contributed by atoms with van der Waals surface area (Å²) in [7, 11) is 1.64. The molecule has 0 spiro atoms. The molecule has 0 unspecified atom stereocenters. The van der Waals surface area contributed by atoms with E-state index in [2.05, 4.69) is 5.32 Å². The number of fused-ring (bicyclic) bond motifs is 1. The molecule has 4 heteroatoms. The molecule has 1 aromatic heterocycles. The molecular weight excluding hydrogens is 302 g/mol. The van der Waals surface area contributed by atoms with Gasteiger partial charge in [-0.15, -0.1) is 0 Å². The molecule has 0 aliphatic heterocycles. The van der Waals surface area contributed by atoms with Gasteiger partial charge in [0.15, 0.2) is 0 Å². The number of para-hydroxylation sites is 1. The third-order valence-corrected chi connectivity index (χ3v) is 3.95. The Hall–Kier alpha value is -2.75. The average Bonchev–Trinajstić information content (AvgIpc) is 3.04. The van der Waals surface area contributed by atoms with Gasteiger partial charge in [-0.05, 0) is 36.6 Å². The quantitative estimate of drug-likeness (QED) is 0.718. The second-order valence-electron chi connectivity index (χ2n) is 5.58. The van der Waals surface area contributed by atoms with Crippen LogP contribution in [0.3, 0.4) is 0 Å². The van der Waals surface area contributed by atoms with Crippen LogP contribution >= 0.6 is 0 Å². The minimum atomic E-state index is 0.0126. The Bertz CT molecular complexity index is 805.